The van der Waals surface area contributed by atoms with E-state index in [1.165, 1.54) is 12.8 Å². The highest BCUT2D eigenvalue weighted by molar-refractivity contribution is 5.71. The fraction of sp³-hybridized carbons (Fsp3) is 0.600. The molecule has 3 rings (SSSR count). The Balaban J connectivity index is 1.85. The largest absolute Gasteiger partial charge is 0.385 e. The number of ether oxygens (including phenoxy) is 1. The summed E-state index contributed by atoms with van der Waals surface area (Å²) in [6, 6.07) is 4.56. The average molecular weight is 274 g/mol. The van der Waals surface area contributed by atoms with Crippen LogP contribution in [0.25, 0.3) is 11.2 Å². The average Bonchev–Trinajstić information content (AvgIpc) is 3.08. The van der Waals surface area contributed by atoms with Crippen LogP contribution in [0.3, 0.4) is 0 Å². The van der Waals surface area contributed by atoms with E-state index in [-0.39, 0.29) is 0 Å². The maximum absolute atomic E-state index is 5.16. The van der Waals surface area contributed by atoms with E-state index in [2.05, 4.69) is 14.9 Å². The lowest BCUT2D eigenvalue weighted by Gasteiger charge is -2.12. The Kier molecular flexibility index (Phi) is 4.28. The van der Waals surface area contributed by atoms with E-state index in [1.807, 2.05) is 18.3 Å². The molecule has 5 heteroatoms. The minimum absolute atomic E-state index is 0.563. The Bertz CT molecular complexity index is 560. The first kappa shape index (κ1) is 13.5. The zero-order chi connectivity index (χ0) is 13.8. The Hall–Kier alpha value is -1.46. The van der Waals surface area contributed by atoms with Crippen molar-refractivity contribution in [2.24, 2.45) is 0 Å². The van der Waals surface area contributed by atoms with Gasteiger partial charge in [-0.05, 0) is 37.9 Å². The first-order valence-electron chi connectivity index (χ1n) is 7.41. The van der Waals surface area contributed by atoms with Crippen LogP contribution in [0.1, 0.15) is 25.1 Å². The van der Waals surface area contributed by atoms with Crippen molar-refractivity contribution in [3.8, 4) is 0 Å². The predicted molar refractivity (Wildman–Crippen MR) is 78.7 cm³/mol. The van der Waals surface area contributed by atoms with Crippen molar-refractivity contribution in [3.63, 3.8) is 0 Å². The van der Waals surface area contributed by atoms with Gasteiger partial charge in [-0.15, -0.1) is 0 Å². The van der Waals surface area contributed by atoms with Crippen LogP contribution in [0.15, 0.2) is 18.3 Å². The van der Waals surface area contributed by atoms with Crippen molar-refractivity contribution in [2.45, 2.75) is 38.3 Å². The van der Waals surface area contributed by atoms with Gasteiger partial charge in [-0.3, -0.25) is 0 Å². The fourth-order valence-electron chi connectivity index (χ4n) is 2.91. The van der Waals surface area contributed by atoms with Gasteiger partial charge >= 0.3 is 0 Å². The first-order chi connectivity index (χ1) is 9.88. The molecule has 0 radical (unpaired) electrons. The molecule has 2 aromatic rings. The smallest absolute Gasteiger partial charge is 0.159 e. The molecular weight excluding hydrogens is 252 g/mol. The number of pyridine rings is 1. The summed E-state index contributed by atoms with van der Waals surface area (Å²) in [6.07, 6.45) is 6.34. The van der Waals surface area contributed by atoms with Crippen LogP contribution >= 0.6 is 0 Å². The van der Waals surface area contributed by atoms with E-state index in [0.717, 1.165) is 49.5 Å². The molecule has 0 amide bonds. The predicted octanol–water partition coefficient (Wildman–Crippen LogP) is 1.76. The van der Waals surface area contributed by atoms with Crippen molar-refractivity contribution in [1.29, 1.82) is 0 Å². The summed E-state index contributed by atoms with van der Waals surface area (Å²) < 4.78 is 7.42. The molecule has 0 spiro atoms. The number of aromatic nitrogens is 3. The van der Waals surface area contributed by atoms with Gasteiger partial charge in [0.25, 0.3) is 0 Å². The molecule has 1 aliphatic heterocycles. The number of fused-ring (bicyclic) bond motifs is 1. The van der Waals surface area contributed by atoms with Crippen LogP contribution in [0.2, 0.25) is 0 Å². The van der Waals surface area contributed by atoms with Crippen molar-refractivity contribution in [3.05, 3.63) is 24.2 Å². The van der Waals surface area contributed by atoms with E-state index >= 15 is 0 Å². The zero-order valence-electron chi connectivity index (χ0n) is 12.0. The van der Waals surface area contributed by atoms with Crippen molar-refractivity contribution in [1.82, 2.24) is 19.9 Å². The van der Waals surface area contributed by atoms with Crippen molar-refractivity contribution < 1.29 is 4.74 Å². The molecule has 1 unspecified atom stereocenters. The van der Waals surface area contributed by atoms with Crippen LogP contribution in [0, 0.1) is 0 Å². The summed E-state index contributed by atoms with van der Waals surface area (Å²) in [5.74, 6) is 1.15. The van der Waals surface area contributed by atoms with E-state index in [9.17, 15) is 0 Å². The standard InChI is InChI=1S/C15H22N4O/c1-20-10-4-9-19-14(11-12-5-2-7-16-12)18-13-6-3-8-17-15(13)19/h3,6,8,12,16H,2,4-5,7,9-11H2,1H3. The third-order valence-corrected chi connectivity index (χ3v) is 3.90. The molecule has 1 atom stereocenters. The Morgan fingerprint density at radius 3 is 3.25 bits per heavy atom. The van der Waals surface area contributed by atoms with Gasteiger partial charge in [-0.1, -0.05) is 0 Å². The maximum Gasteiger partial charge on any atom is 0.159 e. The molecule has 0 aliphatic carbocycles. The van der Waals surface area contributed by atoms with Crippen molar-refractivity contribution in [2.75, 3.05) is 20.3 Å². The molecule has 3 heterocycles. The molecule has 2 aromatic heterocycles. The van der Waals surface area contributed by atoms with E-state index in [1.54, 1.807) is 7.11 Å². The molecule has 1 aliphatic rings. The van der Waals surface area contributed by atoms with Crippen LogP contribution in [-0.4, -0.2) is 40.8 Å². The second-order valence-corrected chi connectivity index (χ2v) is 5.37. The highest BCUT2D eigenvalue weighted by Crippen LogP contribution is 2.18. The minimum Gasteiger partial charge on any atom is -0.385 e. The highest BCUT2D eigenvalue weighted by Gasteiger charge is 2.19. The monoisotopic (exact) mass is 274 g/mol. The quantitative estimate of drug-likeness (QED) is 0.816. The lowest BCUT2D eigenvalue weighted by atomic mass is 10.1. The SMILES string of the molecule is COCCCn1c(CC2CCCN2)nc2cccnc21. The van der Waals surface area contributed by atoms with Crippen LogP contribution in [0.5, 0.6) is 0 Å². The Morgan fingerprint density at radius 1 is 1.50 bits per heavy atom. The lowest BCUT2D eigenvalue weighted by Crippen LogP contribution is -2.25. The third-order valence-electron chi connectivity index (χ3n) is 3.90. The second kappa shape index (κ2) is 6.33. The van der Waals surface area contributed by atoms with E-state index < -0.39 is 0 Å². The van der Waals surface area contributed by atoms with Gasteiger partial charge in [-0.2, -0.15) is 0 Å². The normalized spacial score (nSPS) is 18.9. The molecule has 0 aromatic carbocycles. The second-order valence-electron chi connectivity index (χ2n) is 5.37. The molecule has 5 nitrogen and oxygen atoms in total. The molecule has 0 bridgehead atoms. The molecule has 0 saturated carbocycles. The van der Waals surface area contributed by atoms with Gasteiger partial charge in [0.15, 0.2) is 5.65 Å². The summed E-state index contributed by atoms with van der Waals surface area (Å²) in [5, 5.41) is 3.55. The van der Waals surface area contributed by atoms with Crippen LogP contribution < -0.4 is 5.32 Å². The minimum atomic E-state index is 0.563. The number of imidazole rings is 1. The summed E-state index contributed by atoms with van der Waals surface area (Å²) in [6.45, 7) is 2.82. The number of rotatable bonds is 6. The zero-order valence-corrected chi connectivity index (χ0v) is 12.0. The first-order valence-corrected chi connectivity index (χ1v) is 7.41. The number of hydrogen-bond donors (Lipinski definition) is 1. The molecule has 1 saturated heterocycles. The number of methoxy groups -OCH3 is 1. The highest BCUT2D eigenvalue weighted by atomic mass is 16.5. The van der Waals surface area contributed by atoms with Crippen LogP contribution in [0.4, 0.5) is 0 Å². The third kappa shape index (κ3) is 2.83. The molecule has 20 heavy (non-hydrogen) atoms. The summed E-state index contributed by atoms with van der Waals surface area (Å²) >= 11 is 0. The van der Waals surface area contributed by atoms with Gasteiger partial charge in [-0.25, -0.2) is 9.97 Å². The topological polar surface area (TPSA) is 52.0 Å². The number of nitrogens with one attached hydrogen (secondary N) is 1. The summed E-state index contributed by atoms with van der Waals surface area (Å²) in [7, 11) is 1.74. The van der Waals surface area contributed by atoms with Crippen molar-refractivity contribution >= 4 is 11.2 Å². The van der Waals surface area contributed by atoms with E-state index in [4.69, 9.17) is 9.72 Å². The van der Waals surface area contributed by atoms with Gasteiger partial charge in [0.1, 0.15) is 11.3 Å². The number of hydrogen-bond acceptors (Lipinski definition) is 4. The Morgan fingerprint density at radius 2 is 2.45 bits per heavy atom. The maximum atomic E-state index is 5.16. The fourth-order valence-corrected chi connectivity index (χ4v) is 2.91. The lowest BCUT2D eigenvalue weighted by molar-refractivity contribution is 0.190. The molecule has 108 valence electrons. The van der Waals surface area contributed by atoms with Crippen LogP contribution in [-0.2, 0) is 17.7 Å². The van der Waals surface area contributed by atoms with Gasteiger partial charge in [0.2, 0.25) is 0 Å². The van der Waals surface area contributed by atoms with E-state index in [0.29, 0.717) is 6.04 Å². The molecule has 1 fully saturated rings. The number of aryl methyl sites for hydroxylation is 1. The van der Waals surface area contributed by atoms with Gasteiger partial charge in [0.05, 0.1) is 0 Å². The summed E-state index contributed by atoms with van der Waals surface area (Å²) in [4.78, 5) is 9.27. The summed E-state index contributed by atoms with van der Waals surface area (Å²) in [5.41, 5.74) is 1.99. The number of nitrogens with zero attached hydrogens (tertiary/aromatic N) is 3. The van der Waals surface area contributed by atoms with Gasteiger partial charge < -0.3 is 14.6 Å². The van der Waals surface area contributed by atoms with Gasteiger partial charge in [0, 0.05) is 38.9 Å². The Labute approximate surface area is 119 Å². The molecule has 1 N–H and O–H groups in total. The molecular formula is C15H22N4O.